The minimum Gasteiger partial charge on any atom is -0.356 e. The van der Waals surface area contributed by atoms with Gasteiger partial charge in [0, 0.05) is 43.7 Å². The summed E-state index contributed by atoms with van der Waals surface area (Å²) in [7, 11) is 0. The van der Waals surface area contributed by atoms with Crippen LogP contribution in [0.5, 0.6) is 0 Å². The maximum atomic E-state index is 13.5. The fourth-order valence-corrected chi connectivity index (χ4v) is 4.37. The van der Waals surface area contributed by atoms with Crippen LogP contribution >= 0.6 is 11.3 Å². The van der Waals surface area contributed by atoms with E-state index in [1.807, 2.05) is 42.6 Å². The molecule has 4 nitrogen and oxygen atoms in total. The highest BCUT2D eigenvalue weighted by Gasteiger charge is 2.52. The number of carbonyl (C=O) groups is 1. The molecular formula is C20H24F3N3OS. The third kappa shape index (κ3) is 5.54. The van der Waals surface area contributed by atoms with Crippen LogP contribution in [0.2, 0.25) is 0 Å². The molecule has 1 aliphatic rings. The van der Waals surface area contributed by atoms with E-state index in [2.05, 4.69) is 10.3 Å². The number of amides is 1. The SMILES string of the molecule is Cc1csc(CCCNC(=O)C2CN(Cc3ccccc3)CC2C(F)(F)F)n1. The van der Waals surface area contributed by atoms with Crippen molar-refractivity contribution in [2.45, 2.75) is 32.5 Å². The summed E-state index contributed by atoms with van der Waals surface area (Å²) in [4.78, 5) is 18.5. The molecular weight excluding hydrogens is 387 g/mol. The number of hydrogen-bond donors (Lipinski definition) is 1. The summed E-state index contributed by atoms with van der Waals surface area (Å²) in [5, 5.41) is 5.64. The molecule has 28 heavy (non-hydrogen) atoms. The highest BCUT2D eigenvalue weighted by Crippen LogP contribution is 2.38. The van der Waals surface area contributed by atoms with Crippen LogP contribution in [-0.4, -0.2) is 41.6 Å². The maximum Gasteiger partial charge on any atom is 0.393 e. The number of nitrogens with one attached hydrogen (secondary N) is 1. The Hall–Kier alpha value is -1.93. The van der Waals surface area contributed by atoms with Gasteiger partial charge in [0.1, 0.15) is 0 Å². The lowest BCUT2D eigenvalue weighted by Crippen LogP contribution is -2.40. The van der Waals surface area contributed by atoms with Crippen LogP contribution in [0.15, 0.2) is 35.7 Å². The fourth-order valence-electron chi connectivity index (χ4n) is 3.55. The van der Waals surface area contributed by atoms with Gasteiger partial charge >= 0.3 is 6.18 Å². The second-order valence-corrected chi connectivity index (χ2v) is 8.15. The second kappa shape index (κ2) is 9.05. The summed E-state index contributed by atoms with van der Waals surface area (Å²) in [5.74, 6) is -3.20. The number of thiazole rings is 1. The topological polar surface area (TPSA) is 45.2 Å². The van der Waals surface area contributed by atoms with E-state index in [9.17, 15) is 18.0 Å². The second-order valence-electron chi connectivity index (χ2n) is 7.21. The van der Waals surface area contributed by atoms with Crippen molar-refractivity contribution in [1.29, 1.82) is 0 Å². The number of nitrogens with zero attached hydrogens (tertiary/aromatic N) is 2. The minimum atomic E-state index is -4.38. The molecule has 1 aromatic carbocycles. The number of halogens is 3. The van der Waals surface area contributed by atoms with Crippen LogP contribution in [-0.2, 0) is 17.8 Å². The predicted molar refractivity (Wildman–Crippen MR) is 103 cm³/mol. The summed E-state index contributed by atoms with van der Waals surface area (Å²) in [6.07, 6.45) is -3.01. The van der Waals surface area contributed by atoms with E-state index >= 15 is 0 Å². The first-order chi connectivity index (χ1) is 13.3. The zero-order chi connectivity index (χ0) is 20.1. The molecule has 1 saturated heterocycles. The quantitative estimate of drug-likeness (QED) is 0.705. The van der Waals surface area contributed by atoms with E-state index in [1.54, 1.807) is 16.2 Å². The summed E-state index contributed by atoms with van der Waals surface area (Å²) in [6, 6.07) is 9.36. The van der Waals surface area contributed by atoms with Gasteiger partial charge in [-0.15, -0.1) is 11.3 Å². The van der Waals surface area contributed by atoms with Gasteiger partial charge < -0.3 is 5.32 Å². The van der Waals surface area contributed by atoms with Crippen molar-refractivity contribution in [3.05, 3.63) is 52.0 Å². The molecule has 2 atom stereocenters. The molecule has 1 amide bonds. The van der Waals surface area contributed by atoms with E-state index in [0.29, 0.717) is 25.9 Å². The number of alkyl halides is 3. The molecule has 1 fully saturated rings. The van der Waals surface area contributed by atoms with Crippen molar-refractivity contribution in [2.24, 2.45) is 11.8 Å². The van der Waals surface area contributed by atoms with Gasteiger partial charge in [0.2, 0.25) is 5.91 Å². The van der Waals surface area contributed by atoms with E-state index in [4.69, 9.17) is 0 Å². The third-order valence-electron chi connectivity index (χ3n) is 4.93. The Morgan fingerprint density at radius 1 is 1.29 bits per heavy atom. The average molecular weight is 411 g/mol. The molecule has 3 rings (SSSR count). The van der Waals surface area contributed by atoms with Crippen molar-refractivity contribution >= 4 is 17.2 Å². The molecule has 1 aromatic heterocycles. The monoisotopic (exact) mass is 411 g/mol. The highest BCUT2D eigenvalue weighted by molar-refractivity contribution is 7.09. The first-order valence-corrected chi connectivity index (χ1v) is 10.2. The molecule has 152 valence electrons. The average Bonchev–Trinajstić information content (AvgIpc) is 3.25. The van der Waals surface area contributed by atoms with Crippen LogP contribution in [0.4, 0.5) is 13.2 Å². The maximum absolute atomic E-state index is 13.5. The minimum absolute atomic E-state index is 0.122. The number of benzene rings is 1. The lowest BCUT2D eigenvalue weighted by atomic mass is 9.94. The van der Waals surface area contributed by atoms with Gasteiger partial charge in [0.25, 0.3) is 0 Å². The molecule has 0 saturated carbocycles. The smallest absolute Gasteiger partial charge is 0.356 e. The number of rotatable bonds is 7. The lowest BCUT2D eigenvalue weighted by Gasteiger charge is -2.20. The molecule has 8 heteroatoms. The first-order valence-electron chi connectivity index (χ1n) is 9.34. The Bertz CT molecular complexity index is 779. The molecule has 0 bridgehead atoms. The molecule has 2 aromatic rings. The van der Waals surface area contributed by atoms with Gasteiger partial charge in [0.05, 0.1) is 16.8 Å². The Labute approximate surface area is 166 Å². The number of hydrogen-bond acceptors (Lipinski definition) is 4. The van der Waals surface area contributed by atoms with E-state index in [0.717, 1.165) is 16.3 Å². The van der Waals surface area contributed by atoms with Crippen molar-refractivity contribution in [3.8, 4) is 0 Å². The number of likely N-dealkylation sites (tertiary alicyclic amines) is 1. The Morgan fingerprint density at radius 3 is 2.68 bits per heavy atom. The van der Waals surface area contributed by atoms with E-state index in [-0.39, 0.29) is 13.1 Å². The Balaban J connectivity index is 1.53. The van der Waals surface area contributed by atoms with Gasteiger partial charge in [-0.25, -0.2) is 4.98 Å². The molecule has 0 radical (unpaired) electrons. The largest absolute Gasteiger partial charge is 0.393 e. The summed E-state index contributed by atoms with van der Waals surface area (Å²) in [6.45, 7) is 2.67. The van der Waals surface area contributed by atoms with Crippen molar-refractivity contribution < 1.29 is 18.0 Å². The Morgan fingerprint density at radius 2 is 2.04 bits per heavy atom. The first kappa shape index (κ1) is 20.8. The third-order valence-corrected chi connectivity index (χ3v) is 5.96. The molecule has 1 N–H and O–H groups in total. The highest BCUT2D eigenvalue weighted by atomic mass is 32.1. The van der Waals surface area contributed by atoms with Gasteiger partial charge in [-0.2, -0.15) is 13.2 Å². The number of aromatic nitrogens is 1. The molecule has 1 aliphatic heterocycles. The van der Waals surface area contributed by atoms with E-state index in [1.165, 1.54) is 0 Å². The zero-order valence-corrected chi connectivity index (χ0v) is 16.5. The normalized spacial score (nSPS) is 20.4. The molecule has 0 spiro atoms. The molecule has 2 unspecified atom stereocenters. The van der Waals surface area contributed by atoms with Gasteiger partial charge in [0.15, 0.2) is 0 Å². The molecule has 0 aliphatic carbocycles. The van der Waals surface area contributed by atoms with Crippen molar-refractivity contribution in [2.75, 3.05) is 19.6 Å². The van der Waals surface area contributed by atoms with Crippen LogP contribution in [0, 0.1) is 18.8 Å². The van der Waals surface area contributed by atoms with Gasteiger partial charge in [-0.3, -0.25) is 9.69 Å². The Kier molecular flexibility index (Phi) is 6.72. The van der Waals surface area contributed by atoms with Crippen molar-refractivity contribution in [1.82, 2.24) is 15.2 Å². The van der Waals surface area contributed by atoms with Crippen molar-refractivity contribution in [3.63, 3.8) is 0 Å². The number of carbonyl (C=O) groups excluding carboxylic acids is 1. The number of aryl methyl sites for hydroxylation is 2. The van der Waals surface area contributed by atoms with Crippen LogP contribution in [0.25, 0.3) is 0 Å². The summed E-state index contributed by atoms with van der Waals surface area (Å²) in [5.41, 5.74) is 1.91. The predicted octanol–water partition coefficient (Wildman–Crippen LogP) is 3.81. The van der Waals surface area contributed by atoms with Crippen LogP contribution < -0.4 is 5.32 Å². The lowest BCUT2D eigenvalue weighted by molar-refractivity contribution is -0.183. The standard InChI is InChI=1S/C20H24F3N3OS/c1-14-13-28-18(25-14)8-5-9-24-19(27)16-11-26(12-17(16)20(21,22)23)10-15-6-3-2-4-7-15/h2-4,6-7,13,16-17H,5,8-12H2,1H3,(H,24,27). The van der Waals surface area contributed by atoms with Gasteiger partial charge in [-0.05, 0) is 18.9 Å². The zero-order valence-electron chi connectivity index (χ0n) is 15.7. The van der Waals surface area contributed by atoms with Crippen LogP contribution in [0.1, 0.15) is 22.7 Å². The van der Waals surface area contributed by atoms with Gasteiger partial charge in [-0.1, -0.05) is 30.3 Å². The fraction of sp³-hybridized carbons (Fsp3) is 0.500. The summed E-state index contributed by atoms with van der Waals surface area (Å²) >= 11 is 1.56. The molecule has 2 heterocycles. The van der Waals surface area contributed by atoms with Crippen LogP contribution in [0.3, 0.4) is 0 Å². The summed E-state index contributed by atoms with van der Waals surface area (Å²) < 4.78 is 40.4. The van der Waals surface area contributed by atoms with E-state index < -0.39 is 23.9 Å².